The van der Waals surface area contributed by atoms with Gasteiger partial charge in [0.15, 0.2) is 17.6 Å². The van der Waals surface area contributed by atoms with Crippen LogP contribution in [0.15, 0.2) is 42.5 Å². The van der Waals surface area contributed by atoms with Gasteiger partial charge < -0.3 is 29.2 Å². The van der Waals surface area contributed by atoms with Crippen LogP contribution >= 0.6 is 0 Å². The van der Waals surface area contributed by atoms with Crippen molar-refractivity contribution in [3.8, 4) is 23.0 Å². The van der Waals surface area contributed by atoms with Gasteiger partial charge in [-0.2, -0.15) is 0 Å². The Bertz CT molecular complexity index is 748. The largest absolute Gasteiger partial charge is 0.493 e. The van der Waals surface area contributed by atoms with E-state index >= 15 is 0 Å². The summed E-state index contributed by atoms with van der Waals surface area (Å²) < 4.78 is 20.5. The molecule has 152 valence electrons. The van der Waals surface area contributed by atoms with Crippen molar-refractivity contribution >= 4 is 11.9 Å². The zero-order chi connectivity index (χ0) is 21.1. The van der Waals surface area contributed by atoms with Gasteiger partial charge in [-0.05, 0) is 5.56 Å². The van der Waals surface area contributed by atoms with Crippen LogP contribution in [-0.2, 0) is 9.59 Å². The van der Waals surface area contributed by atoms with Crippen LogP contribution in [0.3, 0.4) is 0 Å². The Morgan fingerprint density at radius 1 is 0.964 bits per heavy atom. The van der Waals surface area contributed by atoms with E-state index in [-0.39, 0.29) is 5.97 Å². The molecule has 8 nitrogen and oxygen atoms in total. The molecule has 0 heterocycles. The van der Waals surface area contributed by atoms with E-state index in [9.17, 15) is 9.59 Å². The Balaban J connectivity index is 0.000000307. The van der Waals surface area contributed by atoms with E-state index in [0.29, 0.717) is 35.0 Å². The molecule has 0 radical (unpaired) electrons. The summed E-state index contributed by atoms with van der Waals surface area (Å²) in [6.07, 6.45) is -1.10. The van der Waals surface area contributed by atoms with E-state index in [4.69, 9.17) is 29.2 Å². The fourth-order valence-electron chi connectivity index (χ4n) is 2.10. The molecule has 2 aromatic rings. The fraction of sp³-hybridized carbons (Fsp3) is 0.300. The lowest BCUT2D eigenvalue weighted by molar-refractivity contribution is -0.147. The van der Waals surface area contributed by atoms with E-state index in [1.54, 1.807) is 49.4 Å². The number of hydrogen-bond donors (Lipinski definition) is 2. The number of benzene rings is 2. The maximum absolute atomic E-state index is 11.2. The minimum atomic E-state index is -1.41. The third-order valence-corrected chi connectivity index (χ3v) is 3.51. The first-order valence-electron chi connectivity index (χ1n) is 8.34. The van der Waals surface area contributed by atoms with Gasteiger partial charge in [-0.15, -0.1) is 0 Å². The van der Waals surface area contributed by atoms with Crippen molar-refractivity contribution < 1.29 is 38.7 Å². The van der Waals surface area contributed by atoms with Crippen molar-refractivity contribution in [1.82, 2.24) is 0 Å². The average molecular weight is 392 g/mol. The maximum atomic E-state index is 11.2. The van der Waals surface area contributed by atoms with Gasteiger partial charge in [0, 0.05) is 18.6 Å². The number of ether oxygens (including phenoxy) is 4. The number of rotatable bonds is 7. The van der Waals surface area contributed by atoms with Crippen LogP contribution in [-0.4, -0.2) is 43.5 Å². The summed E-state index contributed by atoms with van der Waals surface area (Å²) in [6, 6.07) is 11.4. The molecule has 2 rings (SSSR count). The Hall–Kier alpha value is -3.26. The average Bonchev–Trinajstić information content (AvgIpc) is 2.73. The normalized spacial score (nSPS) is 10.8. The highest BCUT2D eigenvalue weighted by Crippen LogP contribution is 2.40. The van der Waals surface area contributed by atoms with E-state index in [1.807, 2.05) is 0 Å². The monoisotopic (exact) mass is 392 g/mol. The lowest BCUT2D eigenvalue weighted by Crippen LogP contribution is -2.09. The number of aliphatic carboxylic acids is 1. The molecule has 2 N–H and O–H groups in total. The van der Waals surface area contributed by atoms with Crippen LogP contribution in [0.4, 0.5) is 0 Å². The van der Waals surface area contributed by atoms with Crippen LogP contribution in [0.1, 0.15) is 25.0 Å². The molecule has 0 bridgehead atoms. The molecule has 0 saturated carbocycles. The highest BCUT2D eigenvalue weighted by atomic mass is 16.5. The molecule has 0 aliphatic carbocycles. The van der Waals surface area contributed by atoms with Gasteiger partial charge in [0.25, 0.3) is 0 Å². The van der Waals surface area contributed by atoms with Crippen LogP contribution in [0, 0.1) is 0 Å². The van der Waals surface area contributed by atoms with Gasteiger partial charge in [-0.3, -0.25) is 4.79 Å². The predicted octanol–water partition coefficient (Wildman–Crippen LogP) is 2.83. The zero-order valence-corrected chi connectivity index (χ0v) is 16.2. The molecule has 0 aliphatic rings. The zero-order valence-electron chi connectivity index (χ0n) is 16.2. The summed E-state index contributed by atoms with van der Waals surface area (Å²) in [5, 5.41) is 17.4. The van der Waals surface area contributed by atoms with E-state index in [1.165, 1.54) is 21.3 Å². The second-order valence-corrected chi connectivity index (χ2v) is 5.34. The Labute approximate surface area is 163 Å². The van der Waals surface area contributed by atoms with Gasteiger partial charge in [0.1, 0.15) is 5.75 Å². The SMILES string of the molecule is CCC(=O)Oc1cc(OC)c(OC)c(OC)c1.O=C(O)C(O)c1ccccc1. The number of carboxylic acid groups (broad SMARTS) is 1. The highest BCUT2D eigenvalue weighted by Gasteiger charge is 2.15. The van der Waals surface area contributed by atoms with Crippen LogP contribution < -0.4 is 18.9 Å². The summed E-state index contributed by atoms with van der Waals surface area (Å²) >= 11 is 0. The molecule has 0 aromatic heterocycles. The second-order valence-electron chi connectivity index (χ2n) is 5.34. The number of carbonyl (C=O) groups is 2. The number of hydrogen-bond acceptors (Lipinski definition) is 7. The van der Waals surface area contributed by atoms with Gasteiger partial charge in [-0.25, -0.2) is 4.79 Å². The Morgan fingerprint density at radius 2 is 1.50 bits per heavy atom. The minimum Gasteiger partial charge on any atom is -0.493 e. The smallest absolute Gasteiger partial charge is 0.337 e. The number of aliphatic hydroxyl groups is 1. The third-order valence-electron chi connectivity index (χ3n) is 3.51. The van der Waals surface area contributed by atoms with Crippen molar-refractivity contribution in [2.24, 2.45) is 0 Å². The van der Waals surface area contributed by atoms with Crippen molar-refractivity contribution in [2.45, 2.75) is 19.4 Å². The van der Waals surface area contributed by atoms with Crippen LogP contribution in [0.25, 0.3) is 0 Å². The molecule has 8 heteroatoms. The summed E-state index contributed by atoms with van der Waals surface area (Å²) in [7, 11) is 4.52. The van der Waals surface area contributed by atoms with E-state index < -0.39 is 12.1 Å². The molecule has 0 fully saturated rings. The first kappa shape index (κ1) is 22.8. The first-order chi connectivity index (χ1) is 13.4. The maximum Gasteiger partial charge on any atom is 0.337 e. The summed E-state index contributed by atoms with van der Waals surface area (Å²) in [4.78, 5) is 21.4. The van der Waals surface area contributed by atoms with Gasteiger partial charge >= 0.3 is 11.9 Å². The van der Waals surface area contributed by atoms with Gasteiger partial charge in [0.2, 0.25) is 5.75 Å². The molecule has 0 amide bonds. The van der Waals surface area contributed by atoms with Crippen LogP contribution in [0.5, 0.6) is 23.0 Å². The minimum absolute atomic E-state index is 0.302. The number of esters is 1. The molecule has 0 saturated heterocycles. The standard InChI is InChI=1S/C12H16O5.C8H8O3/c1-5-11(13)17-8-6-9(14-2)12(16-4)10(7-8)15-3;9-7(8(10)11)6-4-2-1-3-5-6/h6-7H,5H2,1-4H3;1-5,7,9H,(H,10,11). The quantitative estimate of drug-likeness (QED) is 0.547. The highest BCUT2D eigenvalue weighted by molar-refractivity contribution is 5.74. The number of carbonyl (C=O) groups excluding carboxylic acids is 1. The molecule has 0 aliphatic heterocycles. The van der Waals surface area contributed by atoms with Gasteiger partial charge in [-0.1, -0.05) is 37.3 Å². The van der Waals surface area contributed by atoms with Crippen molar-refractivity contribution in [2.75, 3.05) is 21.3 Å². The lowest BCUT2D eigenvalue weighted by Gasteiger charge is -2.13. The second kappa shape index (κ2) is 11.5. The molecule has 1 atom stereocenters. The molecular formula is C20H24O8. The topological polar surface area (TPSA) is 112 Å². The fourth-order valence-corrected chi connectivity index (χ4v) is 2.10. The van der Waals surface area contributed by atoms with Crippen molar-refractivity contribution in [3.05, 3.63) is 48.0 Å². The summed E-state index contributed by atoms with van der Waals surface area (Å²) in [5.41, 5.74) is 0.403. The lowest BCUT2D eigenvalue weighted by atomic mass is 10.1. The van der Waals surface area contributed by atoms with Crippen molar-refractivity contribution in [1.29, 1.82) is 0 Å². The number of aliphatic hydroxyl groups excluding tert-OH is 1. The number of methoxy groups -OCH3 is 3. The van der Waals surface area contributed by atoms with Gasteiger partial charge in [0.05, 0.1) is 21.3 Å². The summed E-state index contributed by atoms with van der Waals surface area (Å²) in [5.74, 6) is 0.185. The molecular weight excluding hydrogens is 368 g/mol. The first-order valence-corrected chi connectivity index (χ1v) is 8.34. The van der Waals surface area contributed by atoms with E-state index in [2.05, 4.69) is 0 Å². The predicted molar refractivity (Wildman–Crippen MR) is 101 cm³/mol. The summed E-state index contributed by atoms with van der Waals surface area (Å²) in [6.45, 7) is 1.72. The Morgan fingerprint density at radius 3 is 1.89 bits per heavy atom. The third kappa shape index (κ3) is 6.48. The van der Waals surface area contributed by atoms with Crippen LogP contribution in [0.2, 0.25) is 0 Å². The van der Waals surface area contributed by atoms with E-state index in [0.717, 1.165) is 0 Å². The molecule has 0 spiro atoms. The Kier molecular flexibility index (Phi) is 9.32. The molecule has 1 unspecified atom stereocenters. The van der Waals surface area contributed by atoms with Crippen molar-refractivity contribution in [3.63, 3.8) is 0 Å². The molecule has 28 heavy (non-hydrogen) atoms. The molecule has 2 aromatic carbocycles. The number of carboxylic acids is 1.